The molecule has 0 aromatic heterocycles. The monoisotopic (exact) mass is 261 g/mol. The van der Waals surface area contributed by atoms with Gasteiger partial charge in [0.05, 0.1) is 12.7 Å². The van der Waals surface area contributed by atoms with Gasteiger partial charge in [-0.15, -0.1) is 0 Å². The van der Waals surface area contributed by atoms with Gasteiger partial charge in [-0.25, -0.2) is 0 Å². The van der Waals surface area contributed by atoms with Crippen molar-refractivity contribution in [1.82, 2.24) is 0 Å². The second-order valence-electron chi connectivity index (χ2n) is 3.95. The van der Waals surface area contributed by atoms with Crippen LogP contribution in [0.3, 0.4) is 0 Å². The molecule has 0 amide bonds. The standard InChI is InChI=1S/C14H15NO4/c1-8(16)12(9(2)17)13(15)14(18)10-4-6-11(19-3)7-5-10/h4-7,15-16H,1-3H3/b12-8+,15-13?. The molecule has 0 unspecified atom stereocenters. The summed E-state index contributed by atoms with van der Waals surface area (Å²) in [5, 5.41) is 17.1. The topological polar surface area (TPSA) is 87.5 Å². The molecular weight excluding hydrogens is 246 g/mol. The van der Waals surface area contributed by atoms with Crippen LogP contribution in [0.4, 0.5) is 0 Å². The van der Waals surface area contributed by atoms with Gasteiger partial charge in [-0.05, 0) is 38.1 Å². The number of benzene rings is 1. The molecule has 0 saturated heterocycles. The van der Waals surface area contributed by atoms with Crippen molar-refractivity contribution >= 4 is 17.3 Å². The van der Waals surface area contributed by atoms with E-state index in [1.807, 2.05) is 0 Å². The average molecular weight is 261 g/mol. The zero-order valence-electron chi connectivity index (χ0n) is 11.0. The molecule has 0 aliphatic heterocycles. The zero-order valence-corrected chi connectivity index (χ0v) is 11.0. The predicted octanol–water partition coefficient (Wildman–Crippen LogP) is 2.32. The van der Waals surface area contributed by atoms with Crippen LogP contribution in [-0.4, -0.2) is 29.5 Å². The van der Waals surface area contributed by atoms with Crippen LogP contribution >= 0.6 is 0 Å². The quantitative estimate of drug-likeness (QED) is 0.368. The molecule has 1 aromatic rings. The molecule has 0 atom stereocenters. The van der Waals surface area contributed by atoms with Crippen LogP contribution < -0.4 is 4.74 Å². The van der Waals surface area contributed by atoms with Gasteiger partial charge in [0.25, 0.3) is 0 Å². The van der Waals surface area contributed by atoms with Crippen molar-refractivity contribution in [2.75, 3.05) is 7.11 Å². The Labute approximate surface area is 111 Å². The smallest absolute Gasteiger partial charge is 0.211 e. The van der Waals surface area contributed by atoms with Crippen molar-refractivity contribution in [3.8, 4) is 5.75 Å². The lowest BCUT2D eigenvalue weighted by molar-refractivity contribution is -0.113. The van der Waals surface area contributed by atoms with Gasteiger partial charge in [-0.2, -0.15) is 0 Å². The Morgan fingerprint density at radius 1 is 1.16 bits per heavy atom. The van der Waals surface area contributed by atoms with Crippen LogP contribution in [0, 0.1) is 5.41 Å². The number of rotatable bonds is 5. The van der Waals surface area contributed by atoms with E-state index >= 15 is 0 Å². The van der Waals surface area contributed by atoms with Gasteiger partial charge >= 0.3 is 0 Å². The molecule has 0 bridgehead atoms. The van der Waals surface area contributed by atoms with E-state index in [9.17, 15) is 14.7 Å². The molecule has 0 spiro atoms. The number of methoxy groups -OCH3 is 1. The maximum absolute atomic E-state index is 12.0. The fourth-order valence-electron chi connectivity index (χ4n) is 1.61. The summed E-state index contributed by atoms with van der Waals surface area (Å²) in [5.74, 6) is -0.892. The van der Waals surface area contributed by atoms with Crippen LogP contribution in [-0.2, 0) is 4.79 Å². The number of ether oxygens (including phenoxy) is 1. The first-order chi connectivity index (χ1) is 8.88. The highest BCUT2D eigenvalue weighted by Crippen LogP contribution is 2.14. The lowest BCUT2D eigenvalue weighted by atomic mass is 9.97. The number of carbonyl (C=O) groups is 2. The summed E-state index contributed by atoms with van der Waals surface area (Å²) in [6.07, 6.45) is 0. The SMILES string of the molecule is COc1ccc(C(=O)C(=N)/C(C(C)=O)=C(\C)O)cc1. The highest BCUT2D eigenvalue weighted by Gasteiger charge is 2.22. The predicted molar refractivity (Wildman–Crippen MR) is 71.1 cm³/mol. The molecule has 0 saturated carbocycles. The number of aliphatic hydroxyl groups excluding tert-OH is 1. The minimum absolute atomic E-state index is 0.255. The minimum atomic E-state index is -0.624. The molecule has 5 heteroatoms. The number of Topliss-reactive ketones (excluding diaryl/α,β-unsaturated/α-hetero) is 2. The van der Waals surface area contributed by atoms with E-state index in [2.05, 4.69) is 0 Å². The number of nitrogens with one attached hydrogen (secondary N) is 1. The first-order valence-corrected chi connectivity index (χ1v) is 5.57. The fraction of sp³-hybridized carbons (Fsp3) is 0.214. The minimum Gasteiger partial charge on any atom is -0.512 e. The lowest BCUT2D eigenvalue weighted by Gasteiger charge is -2.07. The van der Waals surface area contributed by atoms with Crippen LogP contribution in [0.25, 0.3) is 0 Å². The Kier molecular flexibility index (Phi) is 4.58. The third-order valence-electron chi connectivity index (χ3n) is 2.54. The normalized spacial score (nSPS) is 11.5. The van der Waals surface area contributed by atoms with Crippen LogP contribution in [0.5, 0.6) is 5.75 Å². The number of ketones is 2. The van der Waals surface area contributed by atoms with E-state index < -0.39 is 17.3 Å². The Bertz CT molecular complexity index is 551. The van der Waals surface area contributed by atoms with Gasteiger partial charge in [-0.3, -0.25) is 15.0 Å². The second kappa shape index (κ2) is 5.95. The summed E-state index contributed by atoms with van der Waals surface area (Å²) in [6, 6.07) is 6.17. The molecule has 0 aliphatic carbocycles. The van der Waals surface area contributed by atoms with E-state index in [-0.39, 0.29) is 16.9 Å². The number of allylic oxidation sites excluding steroid dienone is 2. The van der Waals surface area contributed by atoms with E-state index in [1.165, 1.54) is 33.1 Å². The number of hydrogen-bond donors (Lipinski definition) is 2. The zero-order chi connectivity index (χ0) is 14.6. The number of carbonyl (C=O) groups excluding carboxylic acids is 2. The Morgan fingerprint density at radius 3 is 2.05 bits per heavy atom. The van der Waals surface area contributed by atoms with Crippen molar-refractivity contribution in [3.63, 3.8) is 0 Å². The Balaban J connectivity index is 3.09. The molecule has 2 N–H and O–H groups in total. The molecule has 100 valence electrons. The summed E-state index contributed by atoms with van der Waals surface area (Å²) in [5.41, 5.74) is -0.524. The van der Waals surface area contributed by atoms with Crippen LogP contribution in [0.1, 0.15) is 24.2 Å². The fourth-order valence-corrected chi connectivity index (χ4v) is 1.61. The summed E-state index contributed by atoms with van der Waals surface area (Å²) >= 11 is 0. The van der Waals surface area contributed by atoms with Gasteiger partial charge in [-0.1, -0.05) is 0 Å². The van der Waals surface area contributed by atoms with Gasteiger partial charge in [0.2, 0.25) is 5.78 Å². The second-order valence-corrected chi connectivity index (χ2v) is 3.95. The molecule has 19 heavy (non-hydrogen) atoms. The summed E-state index contributed by atoms with van der Waals surface area (Å²) in [6.45, 7) is 2.47. The highest BCUT2D eigenvalue weighted by atomic mass is 16.5. The van der Waals surface area contributed by atoms with E-state index in [0.29, 0.717) is 5.75 Å². The molecule has 0 fully saturated rings. The molecule has 0 heterocycles. The number of aliphatic hydroxyl groups is 1. The van der Waals surface area contributed by atoms with Gasteiger partial charge in [0, 0.05) is 5.56 Å². The third-order valence-corrected chi connectivity index (χ3v) is 2.54. The molecule has 1 rings (SSSR count). The Morgan fingerprint density at radius 2 is 1.68 bits per heavy atom. The van der Waals surface area contributed by atoms with Gasteiger partial charge < -0.3 is 9.84 Å². The van der Waals surface area contributed by atoms with Crippen molar-refractivity contribution < 1.29 is 19.4 Å². The molecular formula is C14H15NO4. The van der Waals surface area contributed by atoms with Gasteiger partial charge in [0.1, 0.15) is 17.2 Å². The largest absolute Gasteiger partial charge is 0.512 e. The summed E-state index contributed by atoms with van der Waals surface area (Å²) < 4.78 is 4.96. The molecule has 5 nitrogen and oxygen atoms in total. The van der Waals surface area contributed by atoms with Crippen molar-refractivity contribution in [1.29, 1.82) is 5.41 Å². The van der Waals surface area contributed by atoms with Crippen molar-refractivity contribution in [3.05, 3.63) is 41.2 Å². The Hall–Kier alpha value is -2.43. The van der Waals surface area contributed by atoms with Crippen molar-refractivity contribution in [2.24, 2.45) is 0 Å². The number of hydrogen-bond acceptors (Lipinski definition) is 5. The molecule has 1 aromatic carbocycles. The first kappa shape index (κ1) is 14.6. The average Bonchev–Trinajstić information content (AvgIpc) is 2.37. The highest BCUT2D eigenvalue weighted by molar-refractivity contribution is 6.55. The van der Waals surface area contributed by atoms with E-state index in [4.69, 9.17) is 10.1 Å². The molecule has 0 radical (unpaired) electrons. The summed E-state index contributed by atoms with van der Waals surface area (Å²) in [7, 11) is 1.50. The van der Waals surface area contributed by atoms with Crippen molar-refractivity contribution in [2.45, 2.75) is 13.8 Å². The van der Waals surface area contributed by atoms with Crippen LogP contribution in [0.2, 0.25) is 0 Å². The first-order valence-electron chi connectivity index (χ1n) is 5.57. The van der Waals surface area contributed by atoms with Crippen LogP contribution in [0.15, 0.2) is 35.6 Å². The maximum atomic E-state index is 12.0. The van der Waals surface area contributed by atoms with Gasteiger partial charge in [0.15, 0.2) is 5.78 Å². The lowest BCUT2D eigenvalue weighted by Crippen LogP contribution is -2.21. The third kappa shape index (κ3) is 3.28. The van der Waals surface area contributed by atoms with E-state index in [1.54, 1.807) is 12.1 Å². The maximum Gasteiger partial charge on any atom is 0.211 e. The van der Waals surface area contributed by atoms with E-state index in [0.717, 1.165) is 0 Å². The summed E-state index contributed by atoms with van der Waals surface area (Å²) in [4.78, 5) is 23.4. The molecule has 0 aliphatic rings.